The Bertz CT molecular complexity index is 354. The lowest BCUT2D eigenvalue weighted by Gasteiger charge is -2.04. The Balaban J connectivity index is 1.64. The summed E-state index contributed by atoms with van der Waals surface area (Å²) in [6, 6.07) is 0. The number of fused-ring (bicyclic) bond motifs is 1. The molecule has 0 spiro atoms. The van der Waals surface area contributed by atoms with Crippen LogP contribution in [0, 0.1) is 11.8 Å². The molecule has 0 aliphatic heterocycles. The number of rotatable bonds is 4. The molecule has 1 aromatic heterocycles. The standard InChI is InChI=1S/C12H17ClN2S/c13-7-3-6-10-14-15-12(16-10)11-8-4-1-2-5-9(8)11/h8-9,11H,1-7H2. The fourth-order valence-electron chi connectivity index (χ4n) is 3.08. The summed E-state index contributed by atoms with van der Waals surface area (Å²) in [5, 5.41) is 11.2. The summed E-state index contributed by atoms with van der Waals surface area (Å²) in [7, 11) is 0. The van der Waals surface area contributed by atoms with E-state index < -0.39 is 0 Å². The van der Waals surface area contributed by atoms with Crippen molar-refractivity contribution in [2.24, 2.45) is 11.8 Å². The van der Waals surface area contributed by atoms with Crippen LogP contribution in [0.1, 0.15) is 48.0 Å². The van der Waals surface area contributed by atoms with Gasteiger partial charge in [0.2, 0.25) is 0 Å². The second-order valence-corrected chi connectivity index (χ2v) is 6.44. The molecule has 0 N–H and O–H groups in total. The first-order valence-electron chi connectivity index (χ1n) is 6.28. The average molecular weight is 257 g/mol. The van der Waals surface area contributed by atoms with E-state index in [9.17, 15) is 0 Å². The van der Waals surface area contributed by atoms with Crippen LogP contribution in [0.25, 0.3) is 0 Å². The fraction of sp³-hybridized carbons (Fsp3) is 0.833. The minimum Gasteiger partial charge on any atom is -0.144 e. The number of aromatic nitrogens is 2. The van der Waals surface area contributed by atoms with Crippen molar-refractivity contribution in [3.8, 4) is 0 Å². The van der Waals surface area contributed by atoms with Gasteiger partial charge in [0, 0.05) is 18.2 Å². The van der Waals surface area contributed by atoms with Gasteiger partial charge in [0.15, 0.2) is 0 Å². The summed E-state index contributed by atoms with van der Waals surface area (Å²) in [6.07, 6.45) is 7.72. The van der Waals surface area contributed by atoms with Gasteiger partial charge in [-0.25, -0.2) is 0 Å². The summed E-state index contributed by atoms with van der Waals surface area (Å²) in [4.78, 5) is 0. The minimum atomic E-state index is 0.726. The van der Waals surface area contributed by atoms with E-state index >= 15 is 0 Å². The summed E-state index contributed by atoms with van der Waals surface area (Å²) in [5.41, 5.74) is 0. The van der Waals surface area contributed by atoms with E-state index in [-0.39, 0.29) is 0 Å². The van der Waals surface area contributed by atoms with Crippen LogP contribution < -0.4 is 0 Å². The minimum absolute atomic E-state index is 0.726. The maximum absolute atomic E-state index is 5.69. The zero-order valence-electron chi connectivity index (χ0n) is 9.36. The van der Waals surface area contributed by atoms with E-state index in [1.807, 2.05) is 11.3 Å². The topological polar surface area (TPSA) is 25.8 Å². The third kappa shape index (κ3) is 2.00. The van der Waals surface area contributed by atoms with Crippen LogP contribution in [0.5, 0.6) is 0 Å². The molecule has 88 valence electrons. The van der Waals surface area contributed by atoms with Crippen molar-refractivity contribution in [2.75, 3.05) is 5.88 Å². The molecule has 2 aliphatic carbocycles. The maximum Gasteiger partial charge on any atom is 0.121 e. The average Bonchev–Trinajstić information content (AvgIpc) is 2.87. The first-order chi connectivity index (χ1) is 7.90. The molecular weight excluding hydrogens is 240 g/mol. The second-order valence-electron chi connectivity index (χ2n) is 4.96. The molecule has 2 aliphatic rings. The van der Waals surface area contributed by atoms with Crippen LogP contribution in [-0.4, -0.2) is 16.1 Å². The van der Waals surface area contributed by atoms with Gasteiger partial charge in [-0.2, -0.15) is 0 Å². The Morgan fingerprint density at radius 3 is 2.62 bits per heavy atom. The Kier molecular flexibility index (Phi) is 3.16. The van der Waals surface area contributed by atoms with Crippen molar-refractivity contribution in [1.82, 2.24) is 10.2 Å². The van der Waals surface area contributed by atoms with E-state index in [0.717, 1.165) is 36.5 Å². The van der Waals surface area contributed by atoms with E-state index in [1.165, 1.54) is 35.7 Å². The zero-order valence-corrected chi connectivity index (χ0v) is 10.9. The molecular formula is C12H17ClN2S. The highest BCUT2D eigenvalue weighted by Gasteiger charge is 2.52. The van der Waals surface area contributed by atoms with Gasteiger partial charge in [-0.3, -0.25) is 0 Å². The highest BCUT2D eigenvalue weighted by molar-refractivity contribution is 7.11. The fourth-order valence-corrected chi connectivity index (χ4v) is 4.35. The largest absolute Gasteiger partial charge is 0.144 e. The zero-order chi connectivity index (χ0) is 11.0. The number of hydrogen-bond donors (Lipinski definition) is 0. The van der Waals surface area contributed by atoms with Crippen molar-refractivity contribution in [3.63, 3.8) is 0 Å². The molecule has 0 aromatic carbocycles. The van der Waals surface area contributed by atoms with Gasteiger partial charge in [0.05, 0.1) is 0 Å². The molecule has 0 saturated heterocycles. The van der Waals surface area contributed by atoms with Crippen LogP contribution in [0.15, 0.2) is 0 Å². The van der Waals surface area contributed by atoms with Crippen LogP contribution >= 0.6 is 22.9 Å². The number of hydrogen-bond acceptors (Lipinski definition) is 3. The van der Waals surface area contributed by atoms with Crippen molar-refractivity contribution >= 4 is 22.9 Å². The van der Waals surface area contributed by atoms with Crippen LogP contribution in [-0.2, 0) is 6.42 Å². The third-order valence-corrected chi connectivity index (χ3v) is 5.30. The first-order valence-corrected chi connectivity index (χ1v) is 7.63. The number of alkyl halides is 1. The maximum atomic E-state index is 5.69. The lowest BCUT2D eigenvalue weighted by Crippen LogP contribution is -1.91. The summed E-state index contributed by atoms with van der Waals surface area (Å²) >= 11 is 7.52. The van der Waals surface area contributed by atoms with Crippen molar-refractivity contribution in [2.45, 2.75) is 44.4 Å². The molecule has 4 heteroatoms. The van der Waals surface area contributed by atoms with E-state index in [2.05, 4.69) is 10.2 Å². The molecule has 0 radical (unpaired) electrons. The van der Waals surface area contributed by atoms with Crippen molar-refractivity contribution in [1.29, 1.82) is 0 Å². The Labute approximate surface area is 105 Å². The van der Waals surface area contributed by atoms with E-state index in [1.54, 1.807) is 0 Å². The lowest BCUT2D eigenvalue weighted by atomic mass is 10.0. The summed E-state index contributed by atoms with van der Waals surface area (Å²) < 4.78 is 0. The van der Waals surface area contributed by atoms with Crippen LogP contribution in [0.4, 0.5) is 0 Å². The van der Waals surface area contributed by atoms with Gasteiger partial charge in [-0.05, 0) is 31.1 Å². The highest BCUT2D eigenvalue weighted by atomic mass is 35.5. The molecule has 0 amide bonds. The number of aryl methyl sites for hydroxylation is 1. The molecule has 2 atom stereocenters. The third-order valence-electron chi connectivity index (χ3n) is 3.95. The molecule has 16 heavy (non-hydrogen) atoms. The second kappa shape index (κ2) is 4.61. The van der Waals surface area contributed by atoms with E-state index in [4.69, 9.17) is 11.6 Å². The molecule has 1 heterocycles. The van der Waals surface area contributed by atoms with Crippen LogP contribution in [0.2, 0.25) is 0 Å². The van der Waals surface area contributed by atoms with Gasteiger partial charge in [-0.15, -0.1) is 33.1 Å². The molecule has 2 saturated carbocycles. The SMILES string of the molecule is ClCCCc1nnc(C2C3CCCCC32)s1. The van der Waals surface area contributed by atoms with Gasteiger partial charge >= 0.3 is 0 Å². The molecule has 0 bridgehead atoms. The first kappa shape index (κ1) is 11.0. The molecule has 1 aromatic rings. The quantitative estimate of drug-likeness (QED) is 0.769. The van der Waals surface area contributed by atoms with Gasteiger partial charge in [0.1, 0.15) is 10.0 Å². The predicted molar refractivity (Wildman–Crippen MR) is 67.1 cm³/mol. The Hall–Kier alpha value is -0.150. The van der Waals surface area contributed by atoms with Crippen LogP contribution in [0.3, 0.4) is 0 Å². The van der Waals surface area contributed by atoms with Crippen molar-refractivity contribution in [3.05, 3.63) is 10.0 Å². The lowest BCUT2D eigenvalue weighted by molar-refractivity contribution is 0.480. The number of nitrogens with zero attached hydrogens (tertiary/aromatic N) is 2. The normalized spacial score (nSPS) is 32.4. The monoisotopic (exact) mass is 256 g/mol. The summed E-state index contributed by atoms with van der Waals surface area (Å²) in [6.45, 7) is 0. The molecule has 2 unspecified atom stereocenters. The smallest absolute Gasteiger partial charge is 0.121 e. The summed E-state index contributed by atoms with van der Waals surface area (Å²) in [5.74, 6) is 3.39. The Morgan fingerprint density at radius 2 is 1.94 bits per heavy atom. The molecule has 3 rings (SSSR count). The molecule has 2 nitrogen and oxygen atoms in total. The predicted octanol–water partition coefficient (Wildman–Crippen LogP) is 3.61. The van der Waals surface area contributed by atoms with Gasteiger partial charge < -0.3 is 0 Å². The van der Waals surface area contributed by atoms with Gasteiger partial charge in [0.25, 0.3) is 0 Å². The van der Waals surface area contributed by atoms with E-state index in [0.29, 0.717) is 0 Å². The Morgan fingerprint density at radius 1 is 1.19 bits per heavy atom. The highest BCUT2D eigenvalue weighted by Crippen LogP contribution is 2.61. The van der Waals surface area contributed by atoms with Gasteiger partial charge in [-0.1, -0.05) is 12.8 Å². The number of halogens is 1. The van der Waals surface area contributed by atoms with Crippen molar-refractivity contribution < 1.29 is 0 Å². The molecule has 2 fully saturated rings.